The molecular formula is C12H22N2O3S. The third-order valence-electron chi connectivity index (χ3n) is 3.29. The quantitative estimate of drug-likeness (QED) is 0.518. The van der Waals surface area contributed by atoms with Crippen molar-refractivity contribution in [1.82, 2.24) is 5.32 Å². The summed E-state index contributed by atoms with van der Waals surface area (Å²) in [5, 5.41) is 2.91. The van der Waals surface area contributed by atoms with E-state index in [0.717, 1.165) is 25.0 Å². The van der Waals surface area contributed by atoms with Gasteiger partial charge in [0.05, 0.1) is 12.9 Å². The van der Waals surface area contributed by atoms with Gasteiger partial charge in [-0.25, -0.2) is 0 Å². The number of amides is 1. The number of esters is 1. The monoisotopic (exact) mass is 274 g/mol. The van der Waals surface area contributed by atoms with Gasteiger partial charge in [0.2, 0.25) is 5.91 Å². The van der Waals surface area contributed by atoms with Gasteiger partial charge in [0, 0.05) is 18.2 Å². The summed E-state index contributed by atoms with van der Waals surface area (Å²) in [5.74, 6) is 1.36. The van der Waals surface area contributed by atoms with Gasteiger partial charge in [0.1, 0.15) is 0 Å². The van der Waals surface area contributed by atoms with E-state index in [1.165, 1.54) is 18.9 Å². The molecule has 1 rings (SSSR count). The number of carbonyl (C=O) groups is 2. The van der Waals surface area contributed by atoms with Gasteiger partial charge in [0.25, 0.3) is 0 Å². The van der Waals surface area contributed by atoms with Crippen molar-refractivity contribution in [2.24, 2.45) is 17.6 Å². The van der Waals surface area contributed by atoms with E-state index in [2.05, 4.69) is 10.1 Å². The third-order valence-corrected chi connectivity index (χ3v) is 4.22. The maximum absolute atomic E-state index is 11.9. The second-order valence-electron chi connectivity index (χ2n) is 4.45. The highest BCUT2D eigenvalue weighted by Gasteiger charge is 2.31. The molecule has 0 saturated heterocycles. The van der Waals surface area contributed by atoms with E-state index in [-0.39, 0.29) is 17.8 Å². The number of thioether (sulfide) groups is 1. The van der Waals surface area contributed by atoms with Crippen LogP contribution in [0.25, 0.3) is 0 Å². The molecule has 0 bridgehead atoms. The van der Waals surface area contributed by atoms with Crippen molar-refractivity contribution in [2.75, 3.05) is 31.7 Å². The zero-order valence-corrected chi connectivity index (χ0v) is 11.6. The first-order valence-electron chi connectivity index (χ1n) is 6.31. The Morgan fingerprint density at radius 2 is 2.22 bits per heavy atom. The molecule has 1 fully saturated rings. The fraction of sp³-hybridized carbons (Fsp3) is 0.833. The van der Waals surface area contributed by atoms with E-state index in [1.807, 2.05) is 0 Å². The molecule has 2 atom stereocenters. The summed E-state index contributed by atoms with van der Waals surface area (Å²) in [4.78, 5) is 22.8. The van der Waals surface area contributed by atoms with Crippen LogP contribution in [-0.4, -0.2) is 43.6 Å². The number of hydrogen-bond acceptors (Lipinski definition) is 5. The number of rotatable bonds is 7. The van der Waals surface area contributed by atoms with Gasteiger partial charge < -0.3 is 15.8 Å². The summed E-state index contributed by atoms with van der Waals surface area (Å²) < 4.78 is 4.53. The predicted molar refractivity (Wildman–Crippen MR) is 72.2 cm³/mol. The van der Waals surface area contributed by atoms with Crippen LogP contribution in [0.15, 0.2) is 0 Å². The molecule has 1 amide bonds. The first-order chi connectivity index (χ1) is 8.69. The van der Waals surface area contributed by atoms with E-state index < -0.39 is 0 Å². The summed E-state index contributed by atoms with van der Waals surface area (Å²) in [7, 11) is 1.37. The SMILES string of the molecule is COC(=O)CSCCNC(=O)[C@@H]1CCC[C@@H]1CN. The molecule has 0 aromatic heterocycles. The van der Waals surface area contributed by atoms with Gasteiger partial charge in [-0.1, -0.05) is 6.42 Å². The van der Waals surface area contributed by atoms with Crippen LogP contribution in [0.4, 0.5) is 0 Å². The highest BCUT2D eigenvalue weighted by molar-refractivity contribution is 7.99. The Balaban J connectivity index is 2.11. The van der Waals surface area contributed by atoms with E-state index >= 15 is 0 Å². The van der Waals surface area contributed by atoms with Crippen molar-refractivity contribution in [3.63, 3.8) is 0 Å². The normalized spacial score (nSPS) is 22.8. The molecule has 1 saturated carbocycles. The standard InChI is InChI=1S/C12H22N2O3S/c1-17-11(15)8-18-6-5-14-12(16)10-4-2-3-9(10)7-13/h9-10H,2-8,13H2,1H3,(H,14,16)/t9-,10-/m1/s1. The first-order valence-corrected chi connectivity index (χ1v) is 7.46. The minimum absolute atomic E-state index is 0.0839. The van der Waals surface area contributed by atoms with Crippen molar-refractivity contribution < 1.29 is 14.3 Å². The number of hydrogen-bond donors (Lipinski definition) is 2. The van der Waals surface area contributed by atoms with Gasteiger partial charge in [-0.2, -0.15) is 0 Å². The first kappa shape index (κ1) is 15.3. The van der Waals surface area contributed by atoms with Gasteiger partial charge in [0.15, 0.2) is 0 Å². The minimum Gasteiger partial charge on any atom is -0.468 e. The van der Waals surface area contributed by atoms with Gasteiger partial charge in [-0.05, 0) is 25.3 Å². The van der Waals surface area contributed by atoms with E-state index in [9.17, 15) is 9.59 Å². The summed E-state index contributed by atoms with van der Waals surface area (Å²) in [6, 6.07) is 0. The van der Waals surface area contributed by atoms with Crippen molar-refractivity contribution in [2.45, 2.75) is 19.3 Å². The molecule has 0 heterocycles. The van der Waals surface area contributed by atoms with Crippen LogP contribution in [-0.2, 0) is 14.3 Å². The molecule has 0 spiro atoms. The molecule has 1 aliphatic rings. The molecule has 0 aromatic rings. The lowest BCUT2D eigenvalue weighted by molar-refractivity contribution is -0.137. The fourth-order valence-corrected chi connectivity index (χ4v) is 2.93. The highest BCUT2D eigenvalue weighted by Crippen LogP contribution is 2.30. The van der Waals surface area contributed by atoms with Crippen LogP contribution in [0.1, 0.15) is 19.3 Å². The Bertz CT molecular complexity index is 286. The van der Waals surface area contributed by atoms with Crippen LogP contribution < -0.4 is 11.1 Å². The average molecular weight is 274 g/mol. The molecule has 0 aliphatic heterocycles. The molecule has 1 aliphatic carbocycles. The molecule has 0 aromatic carbocycles. The van der Waals surface area contributed by atoms with Crippen molar-refractivity contribution in [1.29, 1.82) is 0 Å². The molecule has 3 N–H and O–H groups in total. The maximum atomic E-state index is 11.9. The Morgan fingerprint density at radius 1 is 1.44 bits per heavy atom. The molecule has 6 heteroatoms. The largest absolute Gasteiger partial charge is 0.468 e. The second-order valence-corrected chi connectivity index (χ2v) is 5.56. The number of carbonyl (C=O) groups excluding carboxylic acids is 2. The Labute approximate surface area is 112 Å². The van der Waals surface area contributed by atoms with Crippen LogP contribution >= 0.6 is 11.8 Å². The Hall–Kier alpha value is -0.750. The smallest absolute Gasteiger partial charge is 0.315 e. The number of methoxy groups -OCH3 is 1. The molecule has 18 heavy (non-hydrogen) atoms. The lowest BCUT2D eigenvalue weighted by Crippen LogP contribution is -2.36. The van der Waals surface area contributed by atoms with Crippen molar-refractivity contribution >= 4 is 23.6 Å². The van der Waals surface area contributed by atoms with Gasteiger partial charge >= 0.3 is 5.97 Å². The second kappa shape index (κ2) is 8.37. The number of nitrogens with two attached hydrogens (primary N) is 1. The van der Waals surface area contributed by atoms with E-state index in [4.69, 9.17) is 5.73 Å². The van der Waals surface area contributed by atoms with Gasteiger partial charge in [-0.15, -0.1) is 11.8 Å². The molecular weight excluding hydrogens is 252 g/mol. The van der Waals surface area contributed by atoms with Crippen LogP contribution in [0.3, 0.4) is 0 Å². The molecule has 0 unspecified atom stereocenters. The lowest BCUT2D eigenvalue weighted by atomic mass is 9.95. The predicted octanol–water partition coefficient (Wildman–Crippen LogP) is 0.384. The maximum Gasteiger partial charge on any atom is 0.315 e. The topological polar surface area (TPSA) is 81.4 Å². The summed E-state index contributed by atoms with van der Waals surface area (Å²) >= 11 is 1.46. The van der Waals surface area contributed by atoms with Crippen LogP contribution in [0.5, 0.6) is 0 Å². The summed E-state index contributed by atoms with van der Waals surface area (Å²) in [6.07, 6.45) is 3.10. The Morgan fingerprint density at radius 3 is 2.89 bits per heavy atom. The molecule has 104 valence electrons. The third kappa shape index (κ3) is 4.86. The van der Waals surface area contributed by atoms with Crippen molar-refractivity contribution in [3.05, 3.63) is 0 Å². The summed E-state index contributed by atoms with van der Waals surface area (Å²) in [5.41, 5.74) is 5.65. The average Bonchev–Trinajstić information content (AvgIpc) is 2.86. The van der Waals surface area contributed by atoms with Crippen LogP contribution in [0, 0.1) is 11.8 Å². The highest BCUT2D eigenvalue weighted by atomic mass is 32.2. The Kier molecular flexibility index (Phi) is 7.12. The zero-order chi connectivity index (χ0) is 13.4. The van der Waals surface area contributed by atoms with Crippen molar-refractivity contribution in [3.8, 4) is 0 Å². The molecule has 5 nitrogen and oxygen atoms in total. The lowest BCUT2D eigenvalue weighted by Gasteiger charge is -2.17. The van der Waals surface area contributed by atoms with Crippen LogP contribution in [0.2, 0.25) is 0 Å². The fourth-order valence-electron chi connectivity index (χ4n) is 2.26. The minimum atomic E-state index is -0.231. The van der Waals surface area contributed by atoms with E-state index in [1.54, 1.807) is 0 Å². The van der Waals surface area contributed by atoms with Gasteiger partial charge in [-0.3, -0.25) is 9.59 Å². The zero-order valence-electron chi connectivity index (χ0n) is 10.8. The number of nitrogens with one attached hydrogen (secondary N) is 1. The number of ether oxygens (including phenoxy) is 1. The summed E-state index contributed by atoms with van der Waals surface area (Å²) in [6.45, 7) is 1.18. The van der Waals surface area contributed by atoms with E-state index in [0.29, 0.717) is 24.8 Å². The molecule has 0 radical (unpaired) electrons.